The van der Waals surface area contributed by atoms with E-state index in [2.05, 4.69) is 4.98 Å². The maximum atomic E-state index is 12.6. The van der Waals surface area contributed by atoms with Gasteiger partial charge in [0.05, 0.1) is 0 Å². The van der Waals surface area contributed by atoms with Gasteiger partial charge in [-0.2, -0.15) is 4.31 Å². The molecule has 0 amide bonds. The molecule has 2 aromatic rings. The van der Waals surface area contributed by atoms with Gasteiger partial charge in [0, 0.05) is 25.8 Å². The topological polar surface area (TPSA) is 76.3 Å². The van der Waals surface area contributed by atoms with Gasteiger partial charge in [-0.3, -0.25) is 0 Å². The number of aromatic nitrogens is 1. The first-order valence-electron chi connectivity index (χ1n) is 6.83. The van der Waals surface area contributed by atoms with Crippen molar-refractivity contribution in [3.63, 3.8) is 0 Å². The molecule has 0 radical (unpaired) electrons. The van der Waals surface area contributed by atoms with E-state index in [0.717, 1.165) is 17.5 Å². The van der Waals surface area contributed by atoms with Crippen molar-refractivity contribution in [2.45, 2.75) is 24.5 Å². The first-order valence-corrected chi connectivity index (χ1v) is 8.27. The normalized spacial score (nSPS) is 15.7. The van der Waals surface area contributed by atoms with Gasteiger partial charge in [-0.1, -0.05) is 30.3 Å². The molecule has 110 valence electrons. The molecule has 2 heterocycles. The molecular weight excluding hydrogens is 286 g/mol. The number of fused-ring (bicyclic) bond motifs is 1. The van der Waals surface area contributed by atoms with Gasteiger partial charge in [0.1, 0.15) is 0 Å². The Bertz CT molecular complexity index is 742. The van der Waals surface area contributed by atoms with Gasteiger partial charge >= 0.3 is 0 Å². The van der Waals surface area contributed by atoms with E-state index in [-0.39, 0.29) is 5.03 Å². The van der Waals surface area contributed by atoms with E-state index >= 15 is 0 Å². The fourth-order valence-electron chi connectivity index (χ4n) is 2.49. The van der Waals surface area contributed by atoms with Crippen LogP contribution in [0.25, 0.3) is 0 Å². The Morgan fingerprint density at radius 2 is 1.90 bits per heavy atom. The van der Waals surface area contributed by atoms with E-state index in [1.165, 1.54) is 22.1 Å². The molecule has 0 spiro atoms. The number of sulfonamides is 1. The van der Waals surface area contributed by atoms with Crippen LogP contribution in [-0.2, 0) is 29.5 Å². The number of pyridine rings is 1. The van der Waals surface area contributed by atoms with Gasteiger partial charge in [0.15, 0.2) is 5.03 Å². The molecule has 5 nitrogen and oxygen atoms in total. The summed E-state index contributed by atoms with van der Waals surface area (Å²) in [7, 11) is -3.55. The first-order chi connectivity index (χ1) is 10.1. The standard InChI is InChI=1S/C15H17N3O2S/c16-9-12-5-6-15(17-10-12)21(19,20)18-8-7-13-3-1-2-4-14(13)11-18/h1-6,10H,7-9,11,16H2. The monoisotopic (exact) mass is 303 g/mol. The van der Waals surface area contributed by atoms with E-state index < -0.39 is 10.0 Å². The summed E-state index contributed by atoms with van der Waals surface area (Å²) in [6, 6.07) is 11.2. The highest BCUT2D eigenvalue weighted by Crippen LogP contribution is 2.23. The summed E-state index contributed by atoms with van der Waals surface area (Å²) in [5.41, 5.74) is 8.60. The van der Waals surface area contributed by atoms with Gasteiger partial charge in [-0.05, 0) is 29.2 Å². The van der Waals surface area contributed by atoms with Crippen LogP contribution in [0, 0.1) is 0 Å². The average molecular weight is 303 g/mol. The lowest BCUT2D eigenvalue weighted by atomic mass is 10.0. The third-order valence-corrected chi connectivity index (χ3v) is 5.49. The van der Waals surface area contributed by atoms with Gasteiger partial charge in [-0.15, -0.1) is 0 Å². The fourth-order valence-corrected chi connectivity index (χ4v) is 3.82. The summed E-state index contributed by atoms with van der Waals surface area (Å²) in [5, 5.41) is 0.0825. The number of nitrogens with two attached hydrogens (primary N) is 1. The lowest BCUT2D eigenvalue weighted by Gasteiger charge is -2.27. The fraction of sp³-hybridized carbons (Fsp3) is 0.267. The summed E-state index contributed by atoms with van der Waals surface area (Å²) in [6.07, 6.45) is 2.25. The van der Waals surface area contributed by atoms with Gasteiger partial charge in [0.2, 0.25) is 0 Å². The Kier molecular flexibility index (Phi) is 3.75. The van der Waals surface area contributed by atoms with Crippen molar-refractivity contribution in [1.82, 2.24) is 9.29 Å². The molecule has 21 heavy (non-hydrogen) atoms. The number of hydrogen-bond donors (Lipinski definition) is 1. The molecule has 0 fully saturated rings. The number of rotatable bonds is 3. The summed E-state index contributed by atoms with van der Waals surface area (Å²) in [6.45, 7) is 1.24. The average Bonchev–Trinajstić information content (AvgIpc) is 2.54. The predicted octanol–water partition coefficient (Wildman–Crippen LogP) is 1.29. The van der Waals surface area contributed by atoms with E-state index in [1.807, 2.05) is 24.3 Å². The Labute approximate surface area is 124 Å². The highest BCUT2D eigenvalue weighted by molar-refractivity contribution is 7.89. The zero-order chi connectivity index (χ0) is 14.9. The molecule has 1 aromatic heterocycles. The number of nitrogens with zero attached hydrogens (tertiary/aromatic N) is 2. The minimum atomic E-state index is -3.55. The van der Waals surface area contributed by atoms with Crippen molar-refractivity contribution >= 4 is 10.0 Å². The smallest absolute Gasteiger partial charge is 0.260 e. The molecule has 0 saturated heterocycles. The van der Waals surface area contributed by atoms with Crippen LogP contribution in [-0.4, -0.2) is 24.3 Å². The van der Waals surface area contributed by atoms with E-state index in [9.17, 15) is 8.42 Å². The molecule has 0 unspecified atom stereocenters. The van der Waals surface area contributed by atoms with E-state index in [4.69, 9.17) is 5.73 Å². The summed E-state index contributed by atoms with van der Waals surface area (Å²) in [4.78, 5) is 4.04. The van der Waals surface area contributed by atoms with Crippen LogP contribution in [0.1, 0.15) is 16.7 Å². The zero-order valence-electron chi connectivity index (χ0n) is 11.6. The molecule has 0 atom stereocenters. The van der Waals surface area contributed by atoms with Crippen LogP contribution in [0.4, 0.5) is 0 Å². The van der Waals surface area contributed by atoms with Crippen molar-refractivity contribution in [1.29, 1.82) is 0 Å². The van der Waals surface area contributed by atoms with Crippen molar-refractivity contribution in [2.24, 2.45) is 5.73 Å². The highest BCUT2D eigenvalue weighted by Gasteiger charge is 2.29. The van der Waals surface area contributed by atoms with Gasteiger partial charge < -0.3 is 5.73 Å². The SMILES string of the molecule is NCc1ccc(S(=O)(=O)N2CCc3ccccc3C2)nc1. The minimum Gasteiger partial charge on any atom is -0.326 e. The maximum absolute atomic E-state index is 12.6. The Morgan fingerprint density at radius 1 is 1.14 bits per heavy atom. The van der Waals surface area contributed by atoms with Gasteiger partial charge in [-0.25, -0.2) is 13.4 Å². The maximum Gasteiger partial charge on any atom is 0.260 e. The summed E-state index contributed by atoms with van der Waals surface area (Å²) < 4.78 is 26.7. The molecule has 1 aromatic carbocycles. The Morgan fingerprint density at radius 3 is 2.57 bits per heavy atom. The molecule has 0 bridgehead atoms. The predicted molar refractivity (Wildman–Crippen MR) is 79.9 cm³/mol. The Balaban J connectivity index is 1.89. The first kappa shape index (κ1) is 14.2. The summed E-state index contributed by atoms with van der Waals surface area (Å²) >= 11 is 0. The third kappa shape index (κ3) is 2.70. The second-order valence-corrected chi connectivity index (χ2v) is 6.95. The zero-order valence-corrected chi connectivity index (χ0v) is 12.4. The Hall–Kier alpha value is -1.76. The number of hydrogen-bond acceptors (Lipinski definition) is 4. The molecule has 1 aliphatic rings. The van der Waals surface area contributed by atoms with E-state index in [1.54, 1.807) is 6.07 Å². The lowest BCUT2D eigenvalue weighted by molar-refractivity contribution is 0.389. The second-order valence-electron chi connectivity index (χ2n) is 5.07. The second kappa shape index (κ2) is 5.55. The summed E-state index contributed by atoms with van der Waals surface area (Å²) in [5.74, 6) is 0. The van der Waals surface area contributed by atoms with Crippen LogP contribution < -0.4 is 5.73 Å². The molecular formula is C15H17N3O2S. The highest BCUT2D eigenvalue weighted by atomic mass is 32.2. The van der Waals surface area contributed by atoms with Crippen molar-refractivity contribution in [3.05, 3.63) is 59.3 Å². The van der Waals surface area contributed by atoms with Crippen molar-refractivity contribution in [2.75, 3.05) is 6.54 Å². The molecule has 1 aliphatic heterocycles. The molecule has 0 saturated carbocycles. The molecule has 3 rings (SSSR count). The quantitative estimate of drug-likeness (QED) is 0.927. The van der Waals surface area contributed by atoms with Crippen LogP contribution in [0.3, 0.4) is 0 Å². The van der Waals surface area contributed by atoms with E-state index in [0.29, 0.717) is 19.6 Å². The largest absolute Gasteiger partial charge is 0.326 e. The van der Waals surface area contributed by atoms with Gasteiger partial charge in [0.25, 0.3) is 10.0 Å². The van der Waals surface area contributed by atoms with Crippen LogP contribution >= 0.6 is 0 Å². The molecule has 0 aliphatic carbocycles. The third-order valence-electron chi connectivity index (χ3n) is 3.73. The van der Waals surface area contributed by atoms with Crippen molar-refractivity contribution < 1.29 is 8.42 Å². The molecule has 6 heteroatoms. The van der Waals surface area contributed by atoms with Crippen LogP contribution in [0.5, 0.6) is 0 Å². The lowest BCUT2D eigenvalue weighted by Crippen LogP contribution is -2.36. The van der Waals surface area contributed by atoms with Crippen LogP contribution in [0.2, 0.25) is 0 Å². The number of benzene rings is 1. The van der Waals surface area contributed by atoms with Crippen LogP contribution in [0.15, 0.2) is 47.6 Å². The minimum absolute atomic E-state index is 0.0825. The molecule has 2 N–H and O–H groups in total. The van der Waals surface area contributed by atoms with Crippen molar-refractivity contribution in [3.8, 4) is 0 Å².